The van der Waals surface area contributed by atoms with Crippen LogP contribution in [-0.2, 0) is 16.1 Å². The highest BCUT2D eigenvalue weighted by Crippen LogP contribution is 2.41. The maximum absolute atomic E-state index is 13.3. The van der Waals surface area contributed by atoms with Gasteiger partial charge in [0.1, 0.15) is 0 Å². The van der Waals surface area contributed by atoms with E-state index in [0.717, 1.165) is 48.4 Å². The third kappa shape index (κ3) is 2.72. The predicted octanol–water partition coefficient (Wildman–Crippen LogP) is 5.58. The maximum atomic E-state index is 13.3. The summed E-state index contributed by atoms with van der Waals surface area (Å²) < 4.78 is 3.94. The van der Waals surface area contributed by atoms with E-state index < -0.39 is 0 Å². The molecular formula is C23H17Br2N3O2. The SMILES string of the molecule is CCn1cc(C2=C(c3c[nH]c4ccc(Br)cc34)C(=O)N(C)C2=O)c2cc(Br)ccc21. The Balaban J connectivity index is 1.88. The van der Waals surface area contributed by atoms with Crippen LogP contribution >= 0.6 is 31.9 Å². The van der Waals surface area contributed by atoms with Gasteiger partial charge in [0.25, 0.3) is 11.8 Å². The van der Waals surface area contributed by atoms with Gasteiger partial charge in [-0.05, 0) is 43.3 Å². The van der Waals surface area contributed by atoms with Crippen molar-refractivity contribution in [3.8, 4) is 0 Å². The van der Waals surface area contributed by atoms with Crippen molar-refractivity contribution in [2.75, 3.05) is 7.05 Å². The highest BCUT2D eigenvalue weighted by atomic mass is 79.9. The van der Waals surface area contributed by atoms with Crippen molar-refractivity contribution < 1.29 is 9.59 Å². The minimum Gasteiger partial charge on any atom is -0.361 e. The Morgan fingerprint density at radius 2 is 1.53 bits per heavy atom. The summed E-state index contributed by atoms with van der Waals surface area (Å²) in [7, 11) is 1.54. The van der Waals surface area contributed by atoms with E-state index in [2.05, 4.69) is 48.3 Å². The van der Waals surface area contributed by atoms with Crippen molar-refractivity contribution in [1.29, 1.82) is 0 Å². The predicted molar refractivity (Wildman–Crippen MR) is 126 cm³/mol. The maximum Gasteiger partial charge on any atom is 0.261 e. The standard InChI is InChI=1S/C23H17Br2N3O2/c1-3-28-11-17(15-9-13(25)5-7-19(15)28)21-20(22(29)27(2)23(21)30)16-10-26-18-6-4-12(24)8-14(16)18/h4-11,26H,3H2,1-2H3. The second kappa shape index (κ2) is 6.96. The number of nitrogens with one attached hydrogen (secondary N) is 1. The van der Waals surface area contributed by atoms with Crippen LogP contribution in [0.15, 0.2) is 57.7 Å². The molecule has 30 heavy (non-hydrogen) atoms. The van der Waals surface area contributed by atoms with Gasteiger partial charge in [0.15, 0.2) is 0 Å². The molecule has 2 aromatic carbocycles. The lowest BCUT2D eigenvalue weighted by Crippen LogP contribution is -2.26. The number of imide groups is 1. The van der Waals surface area contributed by atoms with Crippen molar-refractivity contribution in [2.45, 2.75) is 13.5 Å². The first-order valence-electron chi connectivity index (χ1n) is 9.53. The zero-order valence-electron chi connectivity index (χ0n) is 16.3. The minimum atomic E-state index is -0.289. The van der Waals surface area contributed by atoms with Gasteiger partial charge in [-0.2, -0.15) is 0 Å². The van der Waals surface area contributed by atoms with E-state index in [1.165, 1.54) is 11.9 Å². The number of amides is 2. The quantitative estimate of drug-likeness (QED) is 0.354. The number of aromatic amines is 1. The van der Waals surface area contributed by atoms with Crippen LogP contribution < -0.4 is 0 Å². The number of benzene rings is 2. The van der Waals surface area contributed by atoms with E-state index in [0.29, 0.717) is 11.1 Å². The average Bonchev–Trinajstić information content (AvgIpc) is 3.36. The zero-order chi connectivity index (χ0) is 21.2. The molecule has 2 aromatic heterocycles. The summed E-state index contributed by atoms with van der Waals surface area (Å²) in [6.45, 7) is 2.82. The molecule has 4 aromatic rings. The molecule has 150 valence electrons. The van der Waals surface area contributed by atoms with Crippen LogP contribution in [0.4, 0.5) is 0 Å². The van der Waals surface area contributed by atoms with Crippen LogP contribution in [0, 0.1) is 0 Å². The molecule has 0 unspecified atom stereocenters. The summed E-state index contributed by atoms with van der Waals surface area (Å²) in [4.78, 5) is 30.9. The highest BCUT2D eigenvalue weighted by Gasteiger charge is 2.39. The molecule has 0 aliphatic carbocycles. The molecule has 3 heterocycles. The lowest BCUT2D eigenvalue weighted by molar-refractivity contribution is -0.134. The number of hydrogen-bond donors (Lipinski definition) is 1. The fourth-order valence-corrected chi connectivity index (χ4v) is 4.89. The molecule has 0 saturated carbocycles. The number of hydrogen-bond acceptors (Lipinski definition) is 2. The molecule has 0 spiro atoms. The number of rotatable bonds is 3. The Bertz CT molecular complexity index is 1410. The van der Waals surface area contributed by atoms with E-state index in [-0.39, 0.29) is 11.8 Å². The average molecular weight is 527 g/mol. The molecule has 7 heteroatoms. The number of fused-ring (bicyclic) bond motifs is 2. The van der Waals surface area contributed by atoms with Crippen molar-refractivity contribution in [3.63, 3.8) is 0 Å². The lowest BCUT2D eigenvalue weighted by Gasteiger charge is -2.06. The van der Waals surface area contributed by atoms with Gasteiger partial charge in [-0.3, -0.25) is 14.5 Å². The summed E-state index contributed by atoms with van der Waals surface area (Å²) in [5.41, 5.74) is 4.32. The Morgan fingerprint density at radius 1 is 0.900 bits per heavy atom. The molecule has 5 nitrogen and oxygen atoms in total. The summed E-state index contributed by atoms with van der Waals surface area (Å²) in [6, 6.07) is 11.9. The molecule has 1 aliphatic rings. The first-order chi connectivity index (χ1) is 14.4. The molecular weight excluding hydrogens is 510 g/mol. The van der Waals surface area contributed by atoms with Gasteiger partial charge in [-0.25, -0.2) is 0 Å². The van der Waals surface area contributed by atoms with Crippen LogP contribution in [0.1, 0.15) is 18.1 Å². The molecule has 1 aliphatic heterocycles. The number of carbonyl (C=O) groups is 2. The van der Waals surface area contributed by atoms with Gasteiger partial charge < -0.3 is 9.55 Å². The first kappa shape index (κ1) is 19.3. The number of likely N-dealkylation sites (N-methyl/N-ethyl adjacent to an activating group) is 1. The summed E-state index contributed by atoms with van der Waals surface area (Å²) in [6.07, 6.45) is 3.78. The largest absolute Gasteiger partial charge is 0.361 e. The van der Waals surface area contributed by atoms with E-state index in [1.807, 2.05) is 48.8 Å². The summed E-state index contributed by atoms with van der Waals surface area (Å²) in [5.74, 6) is -0.572. The minimum absolute atomic E-state index is 0.283. The molecule has 2 amide bonds. The van der Waals surface area contributed by atoms with Gasteiger partial charge in [0, 0.05) is 67.9 Å². The number of nitrogens with zero attached hydrogens (tertiary/aromatic N) is 2. The Morgan fingerprint density at radius 3 is 2.23 bits per heavy atom. The van der Waals surface area contributed by atoms with Gasteiger partial charge in [0.05, 0.1) is 11.1 Å². The second-order valence-corrected chi connectivity index (χ2v) is 9.13. The molecule has 5 rings (SSSR count). The number of aryl methyl sites for hydroxylation is 1. The van der Waals surface area contributed by atoms with Crippen LogP contribution in [0.3, 0.4) is 0 Å². The number of carbonyl (C=O) groups excluding carboxylic acids is 2. The smallest absolute Gasteiger partial charge is 0.261 e. The third-order valence-corrected chi connectivity index (χ3v) is 6.64. The Kier molecular flexibility index (Phi) is 4.48. The Labute approximate surface area is 189 Å². The first-order valence-corrected chi connectivity index (χ1v) is 11.1. The van der Waals surface area contributed by atoms with Gasteiger partial charge >= 0.3 is 0 Å². The van der Waals surface area contributed by atoms with E-state index >= 15 is 0 Å². The molecule has 0 radical (unpaired) electrons. The number of halogens is 2. The molecule has 0 fully saturated rings. The zero-order valence-corrected chi connectivity index (χ0v) is 19.5. The van der Waals surface area contributed by atoms with Gasteiger partial charge in [-0.15, -0.1) is 0 Å². The van der Waals surface area contributed by atoms with Crippen molar-refractivity contribution in [2.24, 2.45) is 0 Å². The topological polar surface area (TPSA) is 58.1 Å². The highest BCUT2D eigenvalue weighted by molar-refractivity contribution is 9.10. The van der Waals surface area contributed by atoms with Crippen LogP contribution in [0.2, 0.25) is 0 Å². The molecule has 0 saturated heterocycles. The second-order valence-electron chi connectivity index (χ2n) is 7.30. The lowest BCUT2D eigenvalue weighted by atomic mass is 9.95. The van der Waals surface area contributed by atoms with Crippen LogP contribution in [-0.4, -0.2) is 33.3 Å². The molecule has 0 bridgehead atoms. The molecule has 1 N–H and O–H groups in total. The van der Waals surface area contributed by atoms with E-state index in [4.69, 9.17) is 0 Å². The normalized spacial score (nSPS) is 14.7. The van der Waals surface area contributed by atoms with E-state index in [1.54, 1.807) is 0 Å². The van der Waals surface area contributed by atoms with Gasteiger partial charge in [0.2, 0.25) is 0 Å². The third-order valence-electron chi connectivity index (χ3n) is 5.65. The van der Waals surface area contributed by atoms with Crippen LogP contribution in [0.25, 0.3) is 33.0 Å². The molecule has 0 atom stereocenters. The number of aromatic nitrogens is 2. The summed E-state index contributed by atoms with van der Waals surface area (Å²) >= 11 is 7.05. The van der Waals surface area contributed by atoms with Crippen molar-refractivity contribution in [1.82, 2.24) is 14.5 Å². The Hall–Kier alpha value is -2.64. The fraction of sp³-hybridized carbons (Fsp3) is 0.130. The van der Waals surface area contributed by atoms with E-state index in [9.17, 15) is 9.59 Å². The number of H-pyrrole nitrogens is 1. The fourth-order valence-electron chi connectivity index (χ4n) is 4.17. The van der Waals surface area contributed by atoms with Crippen molar-refractivity contribution >= 4 is 76.6 Å². The monoisotopic (exact) mass is 525 g/mol. The van der Waals surface area contributed by atoms with Gasteiger partial charge in [-0.1, -0.05) is 31.9 Å². The van der Waals surface area contributed by atoms with Crippen LogP contribution in [0.5, 0.6) is 0 Å². The van der Waals surface area contributed by atoms with Crippen molar-refractivity contribution in [3.05, 3.63) is 68.9 Å². The summed E-state index contributed by atoms with van der Waals surface area (Å²) in [5, 5.41) is 1.84.